The molecule has 0 bridgehead atoms. The van der Waals surface area contributed by atoms with Crippen LogP contribution in [0.3, 0.4) is 0 Å². The SMILES string of the molecule is CC(=O)Nc1cc(CO[C@@H]2O[C@H](CSc3ccccc3)[C@@H](O[C@H]3O[C@@H]4COC(c5ccccc5)O[C@H]4[C@H](OC(C)=O)[C@H]3OC(C)=O)[C@H](OC(C)=O)[C@H]2OC(C)=O)ccc1Cl. The summed E-state index contributed by atoms with van der Waals surface area (Å²) in [7, 11) is 0. The third-order valence-corrected chi connectivity index (χ3v) is 10.8. The second-order valence-electron chi connectivity index (χ2n) is 14.1. The molecule has 3 aromatic carbocycles. The van der Waals surface area contributed by atoms with Crippen LogP contribution in [0.5, 0.6) is 0 Å². The number of carbonyl (C=O) groups excluding carboxylic acids is 5. The van der Waals surface area contributed by atoms with E-state index in [9.17, 15) is 24.0 Å². The molecule has 3 heterocycles. The highest BCUT2D eigenvalue weighted by molar-refractivity contribution is 7.99. The first kappa shape index (κ1) is 44.9. The zero-order valence-corrected chi connectivity index (χ0v) is 35.0. The number of hydrogen-bond acceptors (Lipinski definition) is 16. The number of benzene rings is 3. The molecule has 3 aliphatic rings. The molecule has 0 saturated carbocycles. The number of esters is 4. The maximum atomic E-state index is 12.9. The molecule has 3 aromatic rings. The molecule has 3 saturated heterocycles. The van der Waals surface area contributed by atoms with Gasteiger partial charge < -0.3 is 52.7 Å². The summed E-state index contributed by atoms with van der Waals surface area (Å²) in [5.74, 6) is -3.11. The van der Waals surface area contributed by atoms with E-state index < -0.39 is 91.6 Å². The Morgan fingerprint density at radius 2 is 1.30 bits per heavy atom. The van der Waals surface area contributed by atoms with Crippen LogP contribution in [0, 0.1) is 0 Å². The van der Waals surface area contributed by atoms with E-state index >= 15 is 0 Å². The average molecular weight is 872 g/mol. The van der Waals surface area contributed by atoms with Crippen molar-refractivity contribution in [2.24, 2.45) is 0 Å². The van der Waals surface area contributed by atoms with Crippen molar-refractivity contribution in [2.75, 3.05) is 17.7 Å². The van der Waals surface area contributed by atoms with Gasteiger partial charge in [-0.25, -0.2) is 0 Å². The van der Waals surface area contributed by atoms with Crippen molar-refractivity contribution in [3.8, 4) is 0 Å². The van der Waals surface area contributed by atoms with Crippen molar-refractivity contribution in [3.05, 3.63) is 95.0 Å². The Kier molecular flexibility index (Phi) is 15.6. The number of amides is 1. The molecule has 16 nitrogen and oxygen atoms in total. The smallest absolute Gasteiger partial charge is 0.303 e. The number of halogens is 1. The summed E-state index contributed by atoms with van der Waals surface area (Å²) in [6, 6.07) is 23.4. The van der Waals surface area contributed by atoms with Gasteiger partial charge in [-0.15, -0.1) is 11.8 Å². The van der Waals surface area contributed by atoms with Gasteiger partial charge in [0, 0.05) is 50.8 Å². The van der Waals surface area contributed by atoms with Gasteiger partial charge in [-0.1, -0.05) is 66.2 Å². The second kappa shape index (κ2) is 20.8. The van der Waals surface area contributed by atoms with E-state index in [0.29, 0.717) is 21.8 Å². The monoisotopic (exact) mass is 871 g/mol. The fourth-order valence-electron chi connectivity index (χ4n) is 7.01. The molecular formula is C42H46ClNO15S. The van der Waals surface area contributed by atoms with E-state index in [0.717, 1.165) is 4.90 Å². The lowest BCUT2D eigenvalue weighted by molar-refractivity contribution is -0.384. The van der Waals surface area contributed by atoms with E-state index in [1.54, 1.807) is 18.2 Å². The molecule has 1 amide bonds. The van der Waals surface area contributed by atoms with Gasteiger partial charge >= 0.3 is 23.9 Å². The van der Waals surface area contributed by atoms with Crippen LogP contribution >= 0.6 is 23.4 Å². The summed E-state index contributed by atoms with van der Waals surface area (Å²) >= 11 is 7.69. The average Bonchev–Trinajstić information content (AvgIpc) is 3.20. The van der Waals surface area contributed by atoms with Crippen LogP contribution in [0.4, 0.5) is 5.69 Å². The van der Waals surface area contributed by atoms with Crippen molar-refractivity contribution in [1.29, 1.82) is 0 Å². The minimum absolute atomic E-state index is 0.0448. The lowest BCUT2D eigenvalue weighted by atomic mass is 9.95. The van der Waals surface area contributed by atoms with Crippen LogP contribution in [-0.2, 0) is 77.9 Å². The highest BCUT2D eigenvalue weighted by Crippen LogP contribution is 2.40. The highest BCUT2D eigenvalue weighted by atomic mass is 35.5. The van der Waals surface area contributed by atoms with Crippen LogP contribution in [0.25, 0.3) is 0 Å². The number of thioether (sulfide) groups is 1. The van der Waals surface area contributed by atoms with Gasteiger partial charge in [-0.3, -0.25) is 24.0 Å². The van der Waals surface area contributed by atoms with Gasteiger partial charge in [0.15, 0.2) is 43.3 Å². The topological polar surface area (TPSA) is 190 Å². The van der Waals surface area contributed by atoms with E-state index in [1.807, 2.05) is 60.7 Å². The Labute approximate surface area is 355 Å². The molecule has 0 spiro atoms. The summed E-state index contributed by atoms with van der Waals surface area (Å²) in [4.78, 5) is 63.6. The molecule has 1 N–H and O–H groups in total. The van der Waals surface area contributed by atoms with Crippen LogP contribution in [0.1, 0.15) is 52.0 Å². The standard InChI is InChI=1S/C42H46ClNO15S/c1-22(45)44-31-18-27(16-17-30(31)43)19-50-41-38(54-25(4)48)37(53-24(3)47)35(33(57-41)21-60-29-14-10-7-11-15-29)59-42-39(55-26(5)49)36(52-23(2)46)34-32(56-42)20-51-40(58-34)28-12-8-6-9-13-28/h6-18,32-42H,19-21H2,1-5H3,(H,44,45)/t32-,33-,34-,35-,36+,37+,38-,39-,40?,41-,42-/m1/s1. The first-order valence-electron chi connectivity index (χ1n) is 19.1. The zero-order chi connectivity index (χ0) is 42.9. The molecule has 3 fully saturated rings. The molecule has 60 heavy (non-hydrogen) atoms. The van der Waals surface area contributed by atoms with E-state index in [2.05, 4.69) is 5.32 Å². The summed E-state index contributed by atoms with van der Waals surface area (Å²) in [5, 5.41) is 2.97. The number of ether oxygens (including phenoxy) is 10. The molecule has 6 rings (SSSR count). The third-order valence-electron chi connectivity index (χ3n) is 9.36. The molecule has 0 aliphatic carbocycles. The number of fused-ring (bicyclic) bond motifs is 1. The normalized spacial score (nSPS) is 28.7. The van der Waals surface area contributed by atoms with Gasteiger partial charge in [0.05, 0.1) is 23.9 Å². The molecule has 11 atom stereocenters. The lowest BCUT2D eigenvalue weighted by Crippen LogP contribution is -2.67. The van der Waals surface area contributed by atoms with E-state index in [4.69, 9.17) is 59.0 Å². The Bertz CT molecular complexity index is 1970. The van der Waals surface area contributed by atoms with E-state index in [1.165, 1.54) is 46.4 Å². The molecule has 322 valence electrons. The zero-order valence-electron chi connectivity index (χ0n) is 33.4. The predicted octanol–water partition coefficient (Wildman–Crippen LogP) is 5.28. The largest absolute Gasteiger partial charge is 0.455 e. The third kappa shape index (κ3) is 11.8. The van der Waals surface area contributed by atoms with Crippen LogP contribution in [-0.4, -0.2) is 104 Å². The Morgan fingerprint density at radius 1 is 0.700 bits per heavy atom. The van der Waals surface area contributed by atoms with Gasteiger partial charge in [-0.05, 0) is 29.8 Å². The number of nitrogens with one attached hydrogen (secondary N) is 1. The maximum Gasteiger partial charge on any atom is 0.303 e. The van der Waals surface area contributed by atoms with Gasteiger partial charge in [-0.2, -0.15) is 0 Å². The predicted molar refractivity (Wildman–Crippen MR) is 212 cm³/mol. The van der Waals surface area contributed by atoms with Crippen molar-refractivity contribution >= 4 is 58.8 Å². The summed E-state index contributed by atoms with van der Waals surface area (Å²) in [6.07, 6.45) is -13.4. The first-order chi connectivity index (χ1) is 28.7. The lowest BCUT2D eigenvalue weighted by Gasteiger charge is -2.50. The van der Waals surface area contributed by atoms with Crippen LogP contribution in [0.15, 0.2) is 83.8 Å². The summed E-state index contributed by atoms with van der Waals surface area (Å²) in [5.41, 5.74) is 1.62. The first-order valence-corrected chi connectivity index (χ1v) is 20.4. The number of anilines is 1. The fourth-order valence-corrected chi connectivity index (χ4v) is 8.15. The maximum absolute atomic E-state index is 12.9. The van der Waals surface area contributed by atoms with Crippen LogP contribution < -0.4 is 5.32 Å². The van der Waals surface area contributed by atoms with Crippen LogP contribution in [0.2, 0.25) is 5.02 Å². The Hall–Kier alpha value is -4.59. The van der Waals surface area contributed by atoms with Crippen molar-refractivity contribution < 1.29 is 71.3 Å². The van der Waals surface area contributed by atoms with Gasteiger partial charge in [0.1, 0.15) is 24.4 Å². The molecule has 1 unspecified atom stereocenters. The minimum Gasteiger partial charge on any atom is -0.455 e. The fraction of sp³-hybridized carbons (Fsp3) is 0.452. The van der Waals surface area contributed by atoms with Crippen molar-refractivity contribution in [2.45, 2.75) is 114 Å². The molecule has 3 aliphatic heterocycles. The van der Waals surface area contributed by atoms with Crippen molar-refractivity contribution in [3.63, 3.8) is 0 Å². The minimum atomic E-state index is -1.51. The Morgan fingerprint density at radius 3 is 1.93 bits per heavy atom. The second-order valence-corrected chi connectivity index (χ2v) is 15.6. The van der Waals surface area contributed by atoms with Gasteiger partial charge in [0.2, 0.25) is 5.91 Å². The molecular weight excluding hydrogens is 826 g/mol. The number of rotatable bonds is 14. The number of hydrogen-bond donors (Lipinski definition) is 1. The molecule has 0 aromatic heterocycles. The summed E-state index contributed by atoms with van der Waals surface area (Å²) in [6.45, 7) is 5.91. The molecule has 18 heteroatoms. The van der Waals surface area contributed by atoms with Gasteiger partial charge in [0.25, 0.3) is 0 Å². The quantitative estimate of drug-likeness (QED) is 0.125. The number of carbonyl (C=O) groups is 5. The summed E-state index contributed by atoms with van der Waals surface area (Å²) < 4.78 is 61.6. The van der Waals surface area contributed by atoms with E-state index in [-0.39, 0.29) is 24.9 Å². The van der Waals surface area contributed by atoms with Crippen molar-refractivity contribution in [1.82, 2.24) is 0 Å². The Balaban J connectivity index is 1.35. The highest BCUT2D eigenvalue weighted by Gasteiger charge is 2.58. The molecule has 0 radical (unpaired) electrons.